The number of rotatable bonds is 0. The van der Waals surface area contributed by atoms with Gasteiger partial charge in [0, 0.05) is 0 Å². The Hall–Kier alpha value is -0.550. The zero-order valence-corrected chi connectivity index (χ0v) is 1.62. The first-order valence-corrected chi connectivity index (χ1v) is 0.558. The van der Waals surface area contributed by atoms with Crippen LogP contribution in [-0.4, -0.2) is 5.94 Å². The predicted molar refractivity (Wildman–Crippen MR) is 24.8 cm³/mol. The summed E-state index contributed by atoms with van der Waals surface area (Å²) in [6.45, 7) is 2.68. The third-order valence-electron chi connectivity index (χ3n) is 0. The molecule has 32 valence electrons. The molecule has 0 aliphatic heterocycles. The van der Waals surface area contributed by atoms with E-state index in [0.717, 1.165) is 0 Å². The smallest absolute Gasteiger partial charge is 0.116 e. The third kappa shape index (κ3) is 24.0. The molecule has 0 aromatic rings. The molecule has 0 aromatic heterocycles. The van der Waals surface area contributed by atoms with Crippen LogP contribution >= 0.6 is 0 Å². The number of hydrogen-bond acceptors (Lipinski definition) is 1. The maximum absolute atomic E-state index is 8.57. The van der Waals surface area contributed by atoms with E-state index in [2.05, 4.69) is 6.58 Å². The van der Waals surface area contributed by atoms with E-state index >= 15 is 0 Å². The van der Waals surface area contributed by atoms with E-state index in [0.29, 0.717) is 0 Å². The lowest BCUT2D eigenvalue weighted by Crippen LogP contribution is -1.15. The second-order valence-corrected chi connectivity index (χ2v) is 0.144. The molecule has 0 N–H and O–H groups in total. The van der Waals surface area contributed by atoms with E-state index in [4.69, 9.17) is 4.79 Å². The Morgan fingerprint density at radius 2 is 1.40 bits per heavy atom. The van der Waals surface area contributed by atoms with Crippen LogP contribution in [0.5, 0.6) is 0 Å². The van der Waals surface area contributed by atoms with Gasteiger partial charge in [-0.25, -0.2) is 4.79 Å². The summed E-state index contributed by atoms with van der Waals surface area (Å²) in [5.41, 5.74) is 0. The van der Waals surface area contributed by atoms with Gasteiger partial charge in [-0.2, -0.15) is 0 Å². The van der Waals surface area contributed by atoms with Gasteiger partial charge in [-0.15, -0.1) is 0 Å². The zero-order valence-electron chi connectivity index (χ0n) is 1.62. The van der Waals surface area contributed by atoms with Crippen molar-refractivity contribution in [1.29, 1.82) is 0 Å². The fraction of sp³-hybridized carbons (Fsp3) is 0.500. The maximum Gasteiger partial charge on any atom is 0.116 e. The molecular weight excluding hydrogens is 64.0 g/mol. The van der Waals surface area contributed by atoms with Gasteiger partial charge < -0.3 is 0 Å². The fourth-order valence-corrected chi connectivity index (χ4v) is 0. The molecule has 0 saturated heterocycles. The maximum atomic E-state index is 8.57. The Labute approximate surface area is 33.3 Å². The molecule has 0 aliphatic carbocycles. The van der Waals surface area contributed by atoms with E-state index in [-0.39, 0.29) is 14.9 Å². The summed E-state index contributed by atoms with van der Waals surface area (Å²) in [5, 5.41) is 0. The molecule has 0 rings (SSSR count). The molecule has 0 radical (unpaired) electrons. The van der Waals surface area contributed by atoms with Crippen molar-refractivity contribution in [3.63, 3.8) is 0 Å². The molecule has 0 fully saturated rings. The minimum atomic E-state index is 0. The summed E-state index contributed by atoms with van der Waals surface area (Å²) < 4.78 is 0. The lowest BCUT2D eigenvalue weighted by Gasteiger charge is -1.02. The second-order valence-electron chi connectivity index (χ2n) is 0.144. The molecule has 1 heteroatoms. The first-order chi connectivity index (χ1) is 1.41. The van der Waals surface area contributed by atoms with Crippen LogP contribution in [0.3, 0.4) is 0 Å². The molecular formula is C4H10O. The third-order valence-corrected chi connectivity index (χ3v) is 0. The largest absolute Gasteiger partial charge is 0.234 e. The summed E-state index contributed by atoms with van der Waals surface area (Å²) >= 11 is 0. The van der Waals surface area contributed by atoms with Crippen LogP contribution in [0, 0.1) is 0 Å². The van der Waals surface area contributed by atoms with E-state index in [1.54, 1.807) is 0 Å². The average molecular weight is 74.1 g/mol. The molecule has 0 atom stereocenters. The van der Waals surface area contributed by atoms with Crippen molar-refractivity contribution in [3.05, 3.63) is 6.58 Å². The molecule has 0 aliphatic rings. The molecule has 0 heterocycles. The average Bonchev–Trinajstić information content (AvgIpc) is 0.918. The second kappa shape index (κ2) is 102. The Bertz CT molecular complexity index is 24.6. The minimum Gasteiger partial charge on any atom is -0.234 e. The van der Waals surface area contributed by atoms with Crippen molar-refractivity contribution in [2.75, 3.05) is 0 Å². The molecule has 0 aromatic carbocycles. The van der Waals surface area contributed by atoms with Crippen LogP contribution in [0.1, 0.15) is 14.9 Å². The van der Waals surface area contributed by atoms with Gasteiger partial charge in [0.2, 0.25) is 0 Å². The summed E-state index contributed by atoms with van der Waals surface area (Å²) in [6, 6.07) is 0. The van der Waals surface area contributed by atoms with Crippen molar-refractivity contribution in [3.8, 4) is 0 Å². The topological polar surface area (TPSA) is 17.1 Å². The molecule has 0 saturated carbocycles. The van der Waals surface area contributed by atoms with Gasteiger partial charge in [-0.3, -0.25) is 0 Å². The van der Waals surface area contributed by atoms with Crippen molar-refractivity contribution in [1.82, 2.24) is 0 Å². The van der Waals surface area contributed by atoms with Gasteiger partial charge in [-0.1, -0.05) is 14.9 Å². The molecule has 0 bridgehead atoms. The molecule has 0 spiro atoms. The highest BCUT2D eigenvalue weighted by Gasteiger charge is 1.01. The van der Waals surface area contributed by atoms with Crippen LogP contribution in [-0.2, 0) is 4.79 Å². The summed E-state index contributed by atoms with van der Waals surface area (Å²) in [6.07, 6.45) is 0. The normalized spacial score (nSPS) is 1.60. The van der Waals surface area contributed by atoms with Crippen LogP contribution in [0.15, 0.2) is 6.58 Å². The van der Waals surface area contributed by atoms with Gasteiger partial charge >= 0.3 is 0 Å². The SMILES string of the molecule is C.C.C=C=O. The lowest BCUT2D eigenvalue weighted by atomic mass is 11.2. The first-order valence-electron chi connectivity index (χ1n) is 0.558. The van der Waals surface area contributed by atoms with Crippen LogP contribution < -0.4 is 0 Å². The highest BCUT2D eigenvalue weighted by Crippen LogP contribution is 0.894. The van der Waals surface area contributed by atoms with Crippen LogP contribution in [0.2, 0.25) is 0 Å². The van der Waals surface area contributed by atoms with Gasteiger partial charge in [0.05, 0.1) is 0 Å². The molecule has 0 unspecified atom stereocenters. The Balaban J connectivity index is -0.0000000200. The van der Waals surface area contributed by atoms with E-state index in [1.807, 2.05) is 0 Å². The van der Waals surface area contributed by atoms with Gasteiger partial charge in [0.1, 0.15) is 5.94 Å². The minimum absolute atomic E-state index is 0. The van der Waals surface area contributed by atoms with Crippen molar-refractivity contribution >= 4 is 5.94 Å². The fourth-order valence-electron chi connectivity index (χ4n) is 0. The van der Waals surface area contributed by atoms with Gasteiger partial charge in [0.25, 0.3) is 0 Å². The summed E-state index contributed by atoms with van der Waals surface area (Å²) in [5.74, 6) is 1.25. The predicted octanol–water partition coefficient (Wildman–Crippen LogP) is 1.28. The van der Waals surface area contributed by atoms with Crippen molar-refractivity contribution in [2.45, 2.75) is 14.9 Å². The first kappa shape index (κ1) is 25.2. The van der Waals surface area contributed by atoms with Crippen LogP contribution in [0.4, 0.5) is 0 Å². The molecule has 0 amide bonds. The standard InChI is InChI=1S/C2H2O.2CH4/c1-2-3;;/h1H2;2*1H4. The monoisotopic (exact) mass is 74.1 g/mol. The highest BCUT2D eigenvalue weighted by molar-refractivity contribution is 5.38. The quantitative estimate of drug-likeness (QED) is 0.395. The van der Waals surface area contributed by atoms with Crippen LogP contribution in [0.25, 0.3) is 0 Å². The Morgan fingerprint density at radius 1 is 1.40 bits per heavy atom. The van der Waals surface area contributed by atoms with E-state index < -0.39 is 0 Å². The molecule has 5 heavy (non-hydrogen) atoms. The van der Waals surface area contributed by atoms with Crippen molar-refractivity contribution < 1.29 is 4.79 Å². The van der Waals surface area contributed by atoms with Gasteiger partial charge in [-0.05, 0) is 6.58 Å². The molecule has 1 nitrogen and oxygen atoms in total. The summed E-state index contributed by atoms with van der Waals surface area (Å²) in [7, 11) is 0. The number of carbonyl (C=O) groups excluding carboxylic acids is 1. The van der Waals surface area contributed by atoms with E-state index in [9.17, 15) is 0 Å². The zero-order chi connectivity index (χ0) is 2.71. The highest BCUT2D eigenvalue weighted by atomic mass is 16.1. The Morgan fingerprint density at radius 3 is 1.40 bits per heavy atom. The van der Waals surface area contributed by atoms with Gasteiger partial charge in [0.15, 0.2) is 0 Å². The van der Waals surface area contributed by atoms with Crippen molar-refractivity contribution in [2.24, 2.45) is 0 Å². The number of hydrogen-bond donors (Lipinski definition) is 0. The lowest BCUT2D eigenvalue weighted by molar-refractivity contribution is 0.569. The van der Waals surface area contributed by atoms with E-state index in [1.165, 1.54) is 5.94 Å². The Kier molecular flexibility index (Phi) is 515. The summed E-state index contributed by atoms with van der Waals surface area (Å²) in [4.78, 5) is 8.57.